The van der Waals surface area contributed by atoms with Crippen LogP contribution in [-0.4, -0.2) is 25.5 Å². The molecule has 2 heterocycles. The Morgan fingerprint density at radius 1 is 1.19 bits per heavy atom. The first-order chi connectivity index (χ1) is 12.4. The van der Waals surface area contributed by atoms with Gasteiger partial charge in [0.25, 0.3) is 0 Å². The molecule has 0 radical (unpaired) electrons. The van der Waals surface area contributed by atoms with E-state index in [1.54, 1.807) is 16.9 Å². The van der Waals surface area contributed by atoms with Crippen LogP contribution in [0.25, 0.3) is 0 Å². The summed E-state index contributed by atoms with van der Waals surface area (Å²) in [5, 5.41) is 12.3. The molecular formula is C19H22ClN5O. The van der Waals surface area contributed by atoms with Gasteiger partial charge in [0.05, 0.1) is 18.4 Å². The van der Waals surface area contributed by atoms with E-state index >= 15 is 0 Å². The number of hydrogen-bond acceptors (Lipinski definition) is 3. The summed E-state index contributed by atoms with van der Waals surface area (Å²) in [4.78, 5) is 12.4. The van der Waals surface area contributed by atoms with E-state index in [2.05, 4.69) is 15.5 Å². The maximum Gasteiger partial charge on any atom is 0.225 e. The number of hydrogen-bond donors (Lipinski definition) is 1. The fourth-order valence-electron chi connectivity index (χ4n) is 2.95. The maximum atomic E-state index is 12.4. The SMILES string of the molecule is Cc1nn(C)c(C)c1CCC(=O)Nc1ccnn1Cc1ccc(Cl)cc1. The second kappa shape index (κ2) is 7.74. The Kier molecular flexibility index (Phi) is 5.42. The van der Waals surface area contributed by atoms with Crippen LogP contribution in [0.3, 0.4) is 0 Å². The number of anilines is 1. The van der Waals surface area contributed by atoms with E-state index in [1.165, 1.54) is 0 Å². The number of nitrogens with one attached hydrogen (secondary N) is 1. The summed E-state index contributed by atoms with van der Waals surface area (Å²) in [5.74, 6) is 0.648. The van der Waals surface area contributed by atoms with Crippen molar-refractivity contribution in [2.75, 3.05) is 5.32 Å². The van der Waals surface area contributed by atoms with Gasteiger partial charge in [-0.3, -0.25) is 9.48 Å². The third-order valence-corrected chi connectivity index (χ3v) is 4.74. The predicted molar refractivity (Wildman–Crippen MR) is 102 cm³/mol. The lowest BCUT2D eigenvalue weighted by atomic mass is 10.1. The van der Waals surface area contributed by atoms with Gasteiger partial charge in [-0.15, -0.1) is 0 Å². The average Bonchev–Trinajstić information content (AvgIpc) is 3.12. The van der Waals surface area contributed by atoms with E-state index in [-0.39, 0.29) is 5.91 Å². The summed E-state index contributed by atoms with van der Waals surface area (Å²) in [6.45, 7) is 4.57. The Balaban J connectivity index is 1.61. The van der Waals surface area contributed by atoms with Gasteiger partial charge in [0.1, 0.15) is 5.82 Å². The van der Waals surface area contributed by atoms with Crippen molar-refractivity contribution in [3.05, 3.63) is 64.1 Å². The van der Waals surface area contributed by atoms with Gasteiger partial charge in [-0.05, 0) is 43.5 Å². The second-order valence-corrected chi connectivity index (χ2v) is 6.76. The molecule has 0 aliphatic rings. The van der Waals surface area contributed by atoms with Crippen LogP contribution in [0, 0.1) is 13.8 Å². The number of carbonyl (C=O) groups is 1. The van der Waals surface area contributed by atoms with Crippen LogP contribution in [-0.2, 0) is 24.8 Å². The number of amides is 1. The molecule has 0 aliphatic heterocycles. The summed E-state index contributed by atoms with van der Waals surface area (Å²) >= 11 is 5.92. The van der Waals surface area contributed by atoms with E-state index in [4.69, 9.17) is 11.6 Å². The molecule has 3 rings (SSSR count). The van der Waals surface area contributed by atoms with Crippen LogP contribution in [0.15, 0.2) is 36.5 Å². The third kappa shape index (κ3) is 4.14. The molecule has 1 amide bonds. The van der Waals surface area contributed by atoms with E-state index in [0.29, 0.717) is 30.2 Å². The third-order valence-electron chi connectivity index (χ3n) is 4.49. The van der Waals surface area contributed by atoms with Crippen molar-refractivity contribution < 1.29 is 4.79 Å². The maximum absolute atomic E-state index is 12.4. The zero-order valence-electron chi connectivity index (χ0n) is 15.2. The van der Waals surface area contributed by atoms with Crippen LogP contribution in [0.5, 0.6) is 0 Å². The minimum absolute atomic E-state index is 0.0366. The molecule has 0 saturated heterocycles. The molecule has 1 N–H and O–H groups in total. The highest BCUT2D eigenvalue weighted by Gasteiger charge is 2.13. The number of rotatable bonds is 6. The summed E-state index contributed by atoms with van der Waals surface area (Å²) in [6, 6.07) is 9.38. The Morgan fingerprint density at radius 3 is 2.58 bits per heavy atom. The lowest BCUT2D eigenvalue weighted by Crippen LogP contribution is -2.16. The van der Waals surface area contributed by atoms with Gasteiger partial charge in [-0.2, -0.15) is 10.2 Å². The fraction of sp³-hybridized carbons (Fsp3) is 0.316. The molecule has 0 fully saturated rings. The molecule has 2 aromatic heterocycles. The summed E-state index contributed by atoms with van der Waals surface area (Å²) in [7, 11) is 1.92. The lowest BCUT2D eigenvalue weighted by Gasteiger charge is -2.09. The normalized spacial score (nSPS) is 10.9. The molecule has 0 aliphatic carbocycles. The predicted octanol–water partition coefficient (Wildman–Crippen LogP) is 3.51. The van der Waals surface area contributed by atoms with Gasteiger partial charge in [0.2, 0.25) is 5.91 Å². The van der Waals surface area contributed by atoms with Crippen LogP contribution in [0.4, 0.5) is 5.82 Å². The molecule has 7 heteroatoms. The first-order valence-electron chi connectivity index (χ1n) is 8.49. The molecule has 136 valence electrons. The first-order valence-corrected chi connectivity index (χ1v) is 8.87. The molecule has 0 saturated carbocycles. The zero-order valence-corrected chi connectivity index (χ0v) is 15.9. The minimum Gasteiger partial charge on any atom is -0.311 e. The van der Waals surface area contributed by atoms with E-state index in [1.807, 2.05) is 49.8 Å². The van der Waals surface area contributed by atoms with Crippen molar-refractivity contribution in [2.45, 2.75) is 33.2 Å². The Bertz CT molecular complexity index is 911. The van der Waals surface area contributed by atoms with Crippen LogP contribution in [0.1, 0.15) is 28.9 Å². The number of benzene rings is 1. The van der Waals surface area contributed by atoms with Crippen molar-refractivity contribution >= 4 is 23.3 Å². The molecule has 26 heavy (non-hydrogen) atoms. The van der Waals surface area contributed by atoms with Crippen LogP contribution in [0.2, 0.25) is 5.02 Å². The van der Waals surface area contributed by atoms with Gasteiger partial charge < -0.3 is 5.32 Å². The Hall–Kier alpha value is -2.60. The standard InChI is InChI=1S/C19H22ClN5O/c1-13-17(14(2)24(3)23-13)8-9-19(26)22-18-10-11-21-25(18)12-15-4-6-16(20)7-5-15/h4-7,10-11H,8-9,12H2,1-3H3,(H,22,26). The largest absolute Gasteiger partial charge is 0.311 e. The topological polar surface area (TPSA) is 64.7 Å². The number of halogens is 1. The van der Waals surface area contributed by atoms with Gasteiger partial charge in [0.15, 0.2) is 0 Å². The quantitative estimate of drug-likeness (QED) is 0.721. The Labute approximate surface area is 157 Å². The average molecular weight is 372 g/mol. The number of nitrogens with zero attached hydrogens (tertiary/aromatic N) is 4. The van der Waals surface area contributed by atoms with Crippen molar-refractivity contribution in [1.29, 1.82) is 0 Å². The minimum atomic E-state index is -0.0366. The van der Waals surface area contributed by atoms with Crippen molar-refractivity contribution in [2.24, 2.45) is 7.05 Å². The molecule has 0 bridgehead atoms. The highest BCUT2D eigenvalue weighted by atomic mass is 35.5. The summed E-state index contributed by atoms with van der Waals surface area (Å²) in [6.07, 6.45) is 2.75. The molecule has 0 unspecified atom stereocenters. The molecule has 1 aromatic carbocycles. The highest BCUT2D eigenvalue weighted by molar-refractivity contribution is 6.30. The zero-order chi connectivity index (χ0) is 18.7. The Morgan fingerprint density at radius 2 is 1.92 bits per heavy atom. The number of carbonyl (C=O) groups excluding carboxylic acids is 1. The first kappa shape index (κ1) is 18.2. The lowest BCUT2D eigenvalue weighted by molar-refractivity contribution is -0.116. The van der Waals surface area contributed by atoms with Crippen molar-refractivity contribution in [3.63, 3.8) is 0 Å². The summed E-state index contributed by atoms with van der Waals surface area (Å²) < 4.78 is 3.62. The van der Waals surface area contributed by atoms with Gasteiger partial charge in [-0.1, -0.05) is 23.7 Å². The van der Waals surface area contributed by atoms with E-state index in [9.17, 15) is 4.79 Å². The second-order valence-electron chi connectivity index (χ2n) is 6.32. The fourth-order valence-corrected chi connectivity index (χ4v) is 3.08. The molecule has 3 aromatic rings. The van der Waals surface area contributed by atoms with Gasteiger partial charge in [-0.25, -0.2) is 4.68 Å². The van der Waals surface area contributed by atoms with E-state index < -0.39 is 0 Å². The van der Waals surface area contributed by atoms with Crippen molar-refractivity contribution in [3.8, 4) is 0 Å². The van der Waals surface area contributed by atoms with E-state index in [0.717, 1.165) is 22.5 Å². The highest BCUT2D eigenvalue weighted by Crippen LogP contribution is 2.16. The van der Waals surface area contributed by atoms with Gasteiger partial charge in [0, 0.05) is 30.3 Å². The molecule has 0 atom stereocenters. The monoisotopic (exact) mass is 371 g/mol. The van der Waals surface area contributed by atoms with Crippen molar-refractivity contribution in [1.82, 2.24) is 19.6 Å². The van der Waals surface area contributed by atoms with Crippen LogP contribution >= 0.6 is 11.6 Å². The summed E-state index contributed by atoms with van der Waals surface area (Å²) in [5.41, 5.74) is 4.28. The molecule has 6 nitrogen and oxygen atoms in total. The van der Waals surface area contributed by atoms with Crippen LogP contribution < -0.4 is 5.32 Å². The van der Waals surface area contributed by atoms with Gasteiger partial charge >= 0.3 is 0 Å². The number of aryl methyl sites for hydroxylation is 2. The smallest absolute Gasteiger partial charge is 0.225 e. The molecule has 0 spiro atoms. The number of aromatic nitrogens is 4. The molecular weight excluding hydrogens is 350 g/mol.